The molecule has 0 fully saturated rings. The predicted molar refractivity (Wildman–Crippen MR) is 123 cm³/mol. The molecule has 0 aliphatic rings. The van der Waals surface area contributed by atoms with Crippen molar-refractivity contribution in [1.82, 2.24) is 5.32 Å². The number of anilines is 1. The molecule has 2 rings (SSSR count). The molecular weight excluding hydrogens is 549 g/mol. The number of carbonyl (C=O) groups excluding carboxylic acids is 2. The summed E-state index contributed by atoms with van der Waals surface area (Å²) in [5.74, 6) is -3.29. The Hall–Kier alpha value is -3.36. The van der Waals surface area contributed by atoms with E-state index < -0.39 is 73.4 Å². The number of phenols is 1. The summed E-state index contributed by atoms with van der Waals surface area (Å²) in [6, 6.07) is 4.46. The first-order chi connectivity index (χ1) is 17.0. The molecule has 0 aliphatic carbocycles. The molecule has 0 radical (unpaired) electrons. The molecule has 210 valence electrons. The summed E-state index contributed by atoms with van der Waals surface area (Å²) in [5.41, 5.74) is -10.4. The van der Waals surface area contributed by atoms with Crippen LogP contribution in [0.1, 0.15) is 45.7 Å². The second-order valence-corrected chi connectivity index (χ2v) is 11.4. The summed E-state index contributed by atoms with van der Waals surface area (Å²) in [4.78, 5) is 25.8. The summed E-state index contributed by atoms with van der Waals surface area (Å²) in [5, 5.41) is 14.8. The normalized spacial score (nSPS) is 13.2. The molecule has 0 unspecified atom stereocenters. The molecule has 3 N–H and O–H groups in total. The third kappa shape index (κ3) is 6.55. The maximum Gasteiger partial charge on any atom is 0.435 e. The molecule has 0 saturated heterocycles. The Bertz CT molecular complexity index is 1340. The second kappa shape index (κ2) is 10.1. The van der Waals surface area contributed by atoms with Gasteiger partial charge in [-0.05, 0) is 44.5 Å². The van der Waals surface area contributed by atoms with Gasteiger partial charge in [0.2, 0.25) is 0 Å². The summed E-state index contributed by atoms with van der Waals surface area (Å²) in [6.07, 6.45) is -11.7. The monoisotopic (exact) mass is 572 g/mol. The van der Waals surface area contributed by atoms with Crippen LogP contribution < -0.4 is 10.6 Å². The smallest absolute Gasteiger partial charge is 0.435 e. The summed E-state index contributed by atoms with van der Waals surface area (Å²) in [6.45, 7) is 3.78. The number of aryl methyl sites for hydroxylation is 1. The van der Waals surface area contributed by atoms with E-state index in [-0.39, 0.29) is 23.4 Å². The average molecular weight is 572 g/mol. The minimum Gasteiger partial charge on any atom is -0.507 e. The molecule has 2 aromatic rings. The van der Waals surface area contributed by atoms with Gasteiger partial charge < -0.3 is 15.7 Å². The number of hydrogen-bond donors (Lipinski definition) is 3. The summed E-state index contributed by atoms with van der Waals surface area (Å²) < 4.78 is 116. The van der Waals surface area contributed by atoms with E-state index in [4.69, 9.17) is 0 Å². The number of alkyl halides is 7. The fourth-order valence-corrected chi connectivity index (χ4v) is 5.11. The van der Waals surface area contributed by atoms with E-state index in [0.29, 0.717) is 6.07 Å². The van der Waals surface area contributed by atoms with Crippen LogP contribution >= 0.6 is 0 Å². The molecule has 7 nitrogen and oxygen atoms in total. The van der Waals surface area contributed by atoms with Gasteiger partial charge in [0.05, 0.1) is 16.9 Å². The zero-order valence-electron chi connectivity index (χ0n) is 20.3. The van der Waals surface area contributed by atoms with Crippen LogP contribution in [0, 0.1) is 6.92 Å². The van der Waals surface area contributed by atoms with Gasteiger partial charge in [0, 0.05) is 23.0 Å². The molecular formula is C23H23F7N2O5S. The van der Waals surface area contributed by atoms with Gasteiger partial charge in [-0.25, -0.2) is 12.8 Å². The summed E-state index contributed by atoms with van der Waals surface area (Å²) in [7, 11) is -3.55. The highest BCUT2D eigenvalue weighted by molar-refractivity contribution is 7.90. The number of aromatic hydroxyl groups is 1. The Morgan fingerprint density at radius 2 is 1.47 bits per heavy atom. The highest BCUT2D eigenvalue weighted by atomic mass is 32.2. The van der Waals surface area contributed by atoms with Crippen molar-refractivity contribution in [3.05, 3.63) is 58.7 Å². The molecule has 0 saturated carbocycles. The number of halogens is 7. The molecule has 2 aromatic carbocycles. The highest BCUT2D eigenvalue weighted by Crippen LogP contribution is 2.53. The van der Waals surface area contributed by atoms with Crippen LogP contribution in [0.3, 0.4) is 0 Å². The van der Waals surface area contributed by atoms with E-state index in [2.05, 4.69) is 10.6 Å². The van der Waals surface area contributed by atoms with Crippen molar-refractivity contribution in [2.45, 2.75) is 44.3 Å². The Labute approximate surface area is 213 Å². The minimum absolute atomic E-state index is 0.216. The first kappa shape index (κ1) is 30.9. The van der Waals surface area contributed by atoms with Crippen LogP contribution in [0.15, 0.2) is 36.4 Å². The Morgan fingerprint density at radius 1 is 0.921 bits per heavy atom. The first-order valence-corrected chi connectivity index (χ1v) is 12.6. The molecule has 0 bridgehead atoms. The molecule has 0 aliphatic heterocycles. The molecule has 0 aromatic heterocycles. The zero-order valence-corrected chi connectivity index (χ0v) is 21.1. The minimum atomic E-state index is -6.32. The van der Waals surface area contributed by atoms with Gasteiger partial charge in [-0.1, -0.05) is 18.2 Å². The van der Waals surface area contributed by atoms with Gasteiger partial charge in [0.25, 0.3) is 11.8 Å². The third-order valence-electron chi connectivity index (χ3n) is 5.24. The quantitative estimate of drug-likeness (QED) is 0.413. The fourth-order valence-electron chi connectivity index (χ4n) is 3.73. The van der Waals surface area contributed by atoms with Crippen molar-refractivity contribution in [2.24, 2.45) is 0 Å². The second-order valence-electron chi connectivity index (χ2n) is 9.25. The zero-order chi connectivity index (χ0) is 29.5. The van der Waals surface area contributed by atoms with Crippen LogP contribution in [0.5, 0.6) is 5.75 Å². The predicted octanol–water partition coefficient (Wildman–Crippen LogP) is 4.80. The Kier molecular flexibility index (Phi) is 8.18. The van der Waals surface area contributed by atoms with Crippen molar-refractivity contribution in [1.29, 1.82) is 0 Å². The van der Waals surface area contributed by atoms with Gasteiger partial charge in [0.1, 0.15) is 15.6 Å². The van der Waals surface area contributed by atoms with Gasteiger partial charge in [0.15, 0.2) is 0 Å². The Balaban J connectivity index is 2.43. The molecule has 0 heterocycles. The van der Waals surface area contributed by atoms with Crippen molar-refractivity contribution >= 4 is 27.3 Å². The van der Waals surface area contributed by atoms with Crippen LogP contribution in [-0.2, 0) is 15.5 Å². The van der Waals surface area contributed by atoms with Crippen molar-refractivity contribution in [3.63, 3.8) is 0 Å². The number of carbonyl (C=O) groups is 2. The maximum absolute atomic E-state index is 14.4. The van der Waals surface area contributed by atoms with Crippen molar-refractivity contribution in [3.8, 4) is 5.75 Å². The van der Waals surface area contributed by atoms with E-state index in [1.54, 1.807) is 0 Å². The van der Waals surface area contributed by atoms with E-state index in [1.807, 2.05) is 0 Å². The number of amides is 2. The van der Waals surface area contributed by atoms with Gasteiger partial charge >= 0.3 is 18.0 Å². The van der Waals surface area contributed by atoms with Crippen LogP contribution in [0.4, 0.5) is 36.4 Å². The number of phenolic OH excluding ortho intramolecular Hbond substituents is 1. The molecule has 2 amide bonds. The van der Waals surface area contributed by atoms with Gasteiger partial charge in [-0.3, -0.25) is 9.59 Å². The topological polar surface area (TPSA) is 113 Å². The molecule has 15 heteroatoms. The van der Waals surface area contributed by atoms with E-state index in [0.717, 1.165) is 25.3 Å². The van der Waals surface area contributed by atoms with Gasteiger partial charge in [-0.15, -0.1) is 0 Å². The van der Waals surface area contributed by atoms with Gasteiger partial charge in [-0.2, -0.15) is 26.3 Å². The molecule has 0 spiro atoms. The van der Waals surface area contributed by atoms with Crippen molar-refractivity contribution < 1.29 is 53.8 Å². The summed E-state index contributed by atoms with van der Waals surface area (Å²) >= 11 is 0. The van der Waals surface area contributed by atoms with E-state index in [1.165, 1.54) is 19.9 Å². The Morgan fingerprint density at radius 3 is 1.95 bits per heavy atom. The standard InChI is InChI=1S/C23H23F7N2O5S/c1-12-10-13(21(24,22(25,26)27)23(28,29)30)8-9-15(12)31-18(34)14-6-5-7-16(33)17(14)19(35)32-20(2,3)11-38(4,36)37/h5-10,33H,11H2,1-4H3,(H,31,34)(H,32,35). The lowest BCUT2D eigenvalue weighted by Gasteiger charge is -2.30. The lowest BCUT2D eigenvalue weighted by molar-refractivity contribution is -0.348. The average Bonchev–Trinajstić information content (AvgIpc) is 2.70. The number of rotatable bonds is 7. The lowest BCUT2D eigenvalue weighted by Crippen LogP contribution is -2.50. The van der Waals surface area contributed by atoms with Crippen LogP contribution in [-0.4, -0.2) is 55.2 Å². The van der Waals surface area contributed by atoms with Crippen LogP contribution in [0.25, 0.3) is 0 Å². The van der Waals surface area contributed by atoms with Crippen LogP contribution in [0.2, 0.25) is 0 Å². The van der Waals surface area contributed by atoms with Crippen molar-refractivity contribution in [2.75, 3.05) is 17.3 Å². The number of nitrogens with one attached hydrogen (secondary N) is 2. The lowest BCUT2D eigenvalue weighted by atomic mass is 9.92. The van der Waals surface area contributed by atoms with E-state index in [9.17, 15) is 53.8 Å². The highest BCUT2D eigenvalue weighted by Gasteiger charge is 2.73. The maximum atomic E-state index is 14.4. The number of sulfone groups is 1. The largest absolute Gasteiger partial charge is 0.507 e. The third-order valence-corrected chi connectivity index (χ3v) is 6.49. The molecule has 38 heavy (non-hydrogen) atoms. The molecule has 0 atom stereocenters. The van der Waals surface area contributed by atoms with E-state index >= 15 is 0 Å². The number of benzene rings is 2. The number of hydrogen-bond acceptors (Lipinski definition) is 5. The first-order valence-electron chi connectivity index (χ1n) is 10.6. The SMILES string of the molecule is Cc1cc(C(F)(C(F)(F)F)C(F)(F)F)ccc1NC(=O)c1cccc(O)c1C(=O)NC(C)(C)CS(C)(=O)=O. The fraction of sp³-hybridized carbons (Fsp3) is 0.391.